The van der Waals surface area contributed by atoms with Crippen molar-refractivity contribution in [1.29, 1.82) is 0 Å². The largest absolute Gasteiger partial charge is 0.390 e. The maximum Gasteiger partial charge on any atom is 0.0832 e. The molecule has 1 aliphatic rings. The molecule has 15 heavy (non-hydrogen) atoms. The van der Waals surface area contributed by atoms with Crippen molar-refractivity contribution in [2.24, 2.45) is 0 Å². The summed E-state index contributed by atoms with van der Waals surface area (Å²) >= 11 is 0. The van der Waals surface area contributed by atoms with E-state index in [-0.39, 0.29) is 12.1 Å². The first kappa shape index (κ1) is 10.6. The van der Waals surface area contributed by atoms with E-state index in [0.29, 0.717) is 0 Å². The molecule has 2 N–H and O–H groups in total. The van der Waals surface area contributed by atoms with E-state index in [2.05, 4.69) is 34.5 Å². The van der Waals surface area contributed by atoms with Gasteiger partial charge in [-0.05, 0) is 12.6 Å². The second-order valence-electron chi connectivity index (χ2n) is 4.14. The third kappa shape index (κ3) is 2.56. The number of aliphatic hydroxyl groups is 1. The van der Waals surface area contributed by atoms with Gasteiger partial charge >= 0.3 is 0 Å². The maximum atomic E-state index is 9.73. The highest BCUT2D eigenvalue weighted by molar-refractivity contribution is 5.14. The van der Waals surface area contributed by atoms with Crippen LogP contribution in [0.1, 0.15) is 5.56 Å². The lowest BCUT2D eigenvalue weighted by atomic mass is 10.2. The maximum absolute atomic E-state index is 9.73. The minimum Gasteiger partial charge on any atom is -0.390 e. The number of hydrogen-bond acceptors (Lipinski definition) is 3. The lowest BCUT2D eigenvalue weighted by molar-refractivity contribution is 0.156. The van der Waals surface area contributed by atoms with Crippen molar-refractivity contribution in [2.75, 3.05) is 20.1 Å². The predicted octanol–water partition coefficient (Wildman–Crippen LogP) is 0.451. The van der Waals surface area contributed by atoms with Crippen molar-refractivity contribution in [1.82, 2.24) is 10.2 Å². The van der Waals surface area contributed by atoms with E-state index in [1.807, 2.05) is 13.1 Å². The van der Waals surface area contributed by atoms with Crippen molar-refractivity contribution in [3.63, 3.8) is 0 Å². The van der Waals surface area contributed by atoms with Crippen LogP contribution in [0, 0.1) is 0 Å². The molecule has 2 atom stereocenters. The molecule has 0 bridgehead atoms. The minimum atomic E-state index is -0.237. The van der Waals surface area contributed by atoms with Crippen LogP contribution in [0.15, 0.2) is 30.3 Å². The molecular weight excluding hydrogens is 188 g/mol. The number of hydrogen-bond donors (Lipinski definition) is 2. The van der Waals surface area contributed by atoms with Crippen LogP contribution in [0.4, 0.5) is 0 Å². The van der Waals surface area contributed by atoms with E-state index in [1.54, 1.807) is 0 Å². The van der Waals surface area contributed by atoms with Crippen molar-refractivity contribution in [3.8, 4) is 0 Å². The van der Waals surface area contributed by atoms with Crippen molar-refractivity contribution < 1.29 is 5.11 Å². The molecule has 1 aromatic rings. The van der Waals surface area contributed by atoms with Gasteiger partial charge in [0.25, 0.3) is 0 Å². The Bertz CT molecular complexity index is 302. The van der Waals surface area contributed by atoms with Gasteiger partial charge in [-0.3, -0.25) is 4.90 Å². The second kappa shape index (κ2) is 4.75. The van der Waals surface area contributed by atoms with E-state index >= 15 is 0 Å². The van der Waals surface area contributed by atoms with Gasteiger partial charge in [0.1, 0.15) is 0 Å². The van der Waals surface area contributed by atoms with Crippen LogP contribution >= 0.6 is 0 Å². The molecule has 0 spiro atoms. The third-order valence-electron chi connectivity index (χ3n) is 2.98. The standard InChI is InChI=1S/C12H18N2O/c1-13-11-8-14(9-12(11)15)7-10-5-3-2-4-6-10/h2-6,11-13,15H,7-9H2,1H3/t11-,12-/m0/s1. The number of likely N-dealkylation sites (tertiary alicyclic amines) is 1. The summed E-state index contributed by atoms with van der Waals surface area (Å²) < 4.78 is 0. The highest BCUT2D eigenvalue weighted by Crippen LogP contribution is 2.13. The second-order valence-corrected chi connectivity index (χ2v) is 4.14. The van der Waals surface area contributed by atoms with Crippen molar-refractivity contribution in [2.45, 2.75) is 18.7 Å². The Morgan fingerprint density at radius 3 is 2.67 bits per heavy atom. The Balaban J connectivity index is 1.92. The zero-order chi connectivity index (χ0) is 10.7. The molecule has 3 heteroatoms. The molecule has 2 rings (SSSR count). The summed E-state index contributed by atoms with van der Waals surface area (Å²) in [5.74, 6) is 0. The van der Waals surface area contributed by atoms with Crippen LogP contribution in [0.3, 0.4) is 0 Å². The lowest BCUT2D eigenvalue weighted by Gasteiger charge is -2.15. The summed E-state index contributed by atoms with van der Waals surface area (Å²) in [6.07, 6.45) is -0.237. The Kier molecular flexibility index (Phi) is 3.36. The fourth-order valence-electron chi connectivity index (χ4n) is 2.12. The Labute approximate surface area is 90.7 Å². The molecule has 0 aromatic heterocycles. The molecule has 0 amide bonds. The van der Waals surface area contributed by atoms with Gasteiger partial charge in [-0.1, -0.05) is 30.3 Å². The highest BCUT2D eigenvalue weighted by Gasteiger charge is 2.29. The number of rotatable bonds is 3. The van der Waals surface area contributed by atoms with Crippen LogP contribution < -0.4 is 5.32 Å². The third-order valence-corrected chi connectivity index (χ3v) is 2.98. The fourth-order valence-corrected chi connectivity index (χ4v) is 2.12. The smallest absolute Gasteiger partial charge is 0.0832 e. The summed E-state index contributed by atoms with van der Waals surface area (Å²) in [6, 6.07) is 10.6. The van der Waals surface area contributed by atoms with Gasteiger partial charge in [-0.15, -0.1) is 0 Å². The number of benzene rings is 1. The van der Waals surface area contributed by atoms with Gasteiger partial charge in [0.15, 0.2) is 0 Å². The number of likely N-dealkylation sites (N-methyl/N-ethyl adjacent to an activating group) is 1. The first-order valence-electron chi connectivity index (χ1n) is 5.41. The molecule has 1 aliphatic heterocycles. The zero-order valence-corrected chi connectivity index (χ0v) is 9.06. The van der Waals surface area contributed by atoms with Crippen LogP contribution in [0.2, 0.25) is 0 Å². The van der Waals surface area contributed by atoms with Gasteiger partial charge in [-0.25, -0.2) is 0 Å². The predicted molar refractivity (Wildman–Crippen MR) is 60.6 cm³/mol. The lowest BCUT2D eigenvalue weighted by Crippen LogP contribution is -2.36. The molecule has 0 radical (unpaired) electrons. The Hall–Kier alpha value is -0.900. The molecule has 0 aliphatic carbocycles. The molecule has 1 heterocycles. The summed E-state index contributed by atoms with van der Waals surface area (Å²) in [6.45, 7) is 2.61. The molecule has 1 aromatic carbocycles. The van der Waals surface area contributed by atoms with E-state index in [1.165, 1.54) is 5.56 Å². The summed E-state index contributed by atoms with van der Waals surface area (Å²) in [5, 5.41) is 12.9. The number of β-amino-alcohol motifs (C(OH)–C–C–N with tert-alkyl or cyclic N) is 1. The molecule has 0 unspecified atom stereocenters. The topological polar surface area (TPSA) is 35.5 Å². The van der Waals surface area contributed by atoms with Gasteiger partial charge in [-0.2, -0.15) is 0 Å². The van der Waals surface area contributed by atoms with E-state index < -0.39 is 0 Å². The van der Waals surface area contributed by atoms with Crippen LogP contribution in [-0.2, 0) is 6.54 Å². The van der Waals surface area contributed by atoms with Crippen LogP contribution in [0.5, 0.6) is 0 Å². The van der Waals surface area contributed by atoms with Crippen LogP contribution in [0.25, 0.3) is 0 Å². The van der Waals surface area contributed by atoms with Gasteiger partial charge in [0.05, 0.1) is 6.10 Å². The van der Waals surface area contributed by atoms with E-state index in [4.69, 9.17) is 0 Å². The molecule has 3 nitrogen and oxygen atoms in total. The monoisotopic (exact) mass is 206 g/mol. The van der Waals surface area contributed by atoms with Gasteiger partial charge in [0.2, 0.25) is 0 Å². The SMILES string of the molecule is CN[C@H]1CN(Cc2ccccc2)C[C@@H]1O. The van der Waals surface area contributed by atoms with Crippen LogP contribution in [-0.4, -0.2) is 42.3 Å². The average Bonchev–Trinajstić information content (AvgIpc) is 2.60. The summed E-state index contributed by atoms with van der Waals surface area (Å²) in [4.78, 5) is 2.28. The molecule has 1 fully saturated rings. The zero-order valence-electron chi connectivity index (χ0n) is 9.06. The molecule has 0 saturated carbocycles. The normalized spacial score (nSPS) is 27.1. The number of aliphatic hydroxyl groups excluding tert-OH is 1. The fraction of sp³-hybridized carbons (Fsp3) is 0.500. The minimum absolute atomic E-state index is 0.216. The highest BCUT2D eigenvalue weighted by atomic mass is 16.3. The average molecular weight is 206 g/mol. The van der Waals surface area contributed by atoms with E-state index in [0.717, 1.165) is 19.6 Å². The van der Waals surface area contributed by atoms with Gasteiger partial charge < -0.3 is 10.4 Å². The molecule has 82 valence electrons. The Morgan fingerprint density at radius 1 is 1.33 bits per heavy atom. The molecule has 1 saturated heterocycles. The van der Waals surface area contributed by atoms with Crippen molar-refractivity contribution in [3.05, 3.63) is 35.9 Å². The Morgan fingerprint density at radius 2 is 2.07 bits per heavy atom. The van der Waals surface area contributed by atoms with E-state index in [9.17, 15) is 5.11 Å². The van der Waals surface area contributed by atoms with Crippen molar-refractivity contribution >= 4 is 0 Å². The first-order chi connectivity index (χ1) is 7.29. The van der Waals surface area contributed by atoms with Gasteiger partial charge in [0, 0.05) is 25.7 Å². The number of nitrogens with one attached hydrogen (secondary N) is 1. The summed E-state index contributed by atoms with van der Waals surface area (Å²) in [7, 11) is 1.90. The molecular formula is C12H18N2O. The first-order valence-corrected chi connectivity index (χ1v) is 5.41. The number of nitrogens with zero attached hydrogens (tertiary/aromatic N) is 1. The summed E-state index contributed by atoms with van der Waals surface area (Å²) in [5.41, 5.74) is 1.31. The quantitative estimate of drug-likeness (QED) is 0.754.